The van der Waals surface area contributed by atoms with Gasteiger partial charge in [-0.05, 0) is 35.9 Å². The highest BCUT2D eigenvalue weighted by Crippen LogP contribution is 2.44. The highest BCUT2D eigenvalue weighted by molar-refractivity contribution is 8.02. The van der Waals surface area contributed by atoms with E-state index in [0.717, 1.165) is 29.7 Å². The molecule has 0 aromatic heterocycles. The van der Waals surface area contributed by atoms with Crippen LogP contribution in [-0.4, -0.2) is 11.1 Å². The zero-order chi connectivity index (χ0) is 13.0. The van der Waals surface area contributed by atoms with Crippen LogP contribution in [0, 0.1) is 11.3 Å². The van der Waals surface area contributed by atoms with Crippen molar-refractivity contribution >= 4 is 17.7 Å². The fourth-order valence-corrected chi connectivity index (χ4v) is 2.73. The number of aliphatic carboxylic acids is 1. The molecule has 0 heterocycles. The Balaban J connectivity index is 2.15. The molecule has 1 aromatic carbocycles. The molecule has 1 aliphatic carbocycles. The Morgan fingerprint density at radius 3 is 2.50 bits per heavy atom. The molecule has 0 bridgehead atoms. The Kier molecular flexibility index (Phi) is 3.73. The van der Waals surface area contributed by atoms with E-state index in [9.17, 15) is 9.90 Å². The van der Waals surface area contributed by atoms with Crippen LogP contribution in [0.15, 0.2) is 40.6 Å². The molecule has 18 heavy (non-hydrogen) atoms. The Morgan fingerprint density at radius 1 is 1.39 bits per heavy atom. The van der Waals surface area contributed by atoms with Gasteiger partial charge in [-0.2, -0.15) is 5.26 Å². The lowest BCUT2D eigenvalue weighted by atomic mass is 9.64. The summed E-state index contributed by atoms with van der Waals surface area (Å²) < 4.78 is 0. The minimum atomic E-state index is -0.724. The van der Waals surface area contributed by atoms with Crippen LogP contribution in [0.5, 0.6) is 0 Å². The number of rotatable bonds is 4. The van der Waals surface area contributed by atoms with Crippen molar-refractivity contribution in [1.29, 1.82) is 5.26 Å². The molecule has 1 fully saturated rings. The highest BCUT2D eigenvalue weighted by atomic mass is 32.2. The summed E-state index contributed by atoms with van der Waals surface area (Å²) in [6, 6.07) is 9.51. The molecule has 0 spiro atoms. The van der Waals surface area contributed by atoms with E-state index in [2.05, 4.69) is 0 Å². The molecular formula is C14H13NO2S. The average Bonchev–Trinajstić information content (AvgIpc) is 2.29. The van der Waals surface area contributed by atoms with Gasteiger partial charge >= 0.3 is 5.97 Å². The summed E-state index contributed by atoms with van der Waals surface area (Å²) in [5, 5.41) is 19.4. The molecule has 0 saturated heterocycles. The summed E-state index contributed by atoms with van der Waals surface area (Å²) in [5.41, 5.74) is 0.223. The minimum absolute atomic E-state index is 0.661. The van der Waals surface area contributed by atoms with Gasteiger partial charge in [-0.3, -0.25) is 4.79 Å². The number of hydrogen-bond acceptors (Lipinski definition) is 3. The van der Waals surface area contributed by atoms with Gasteiger partial charge in [0, 0.05) is 11.0 Å². The SMILES string of the molecule is N#CC=CSc1ccc(C2(C(=O)O)CCC2)cc1. The van der Waals surface area contributed by atoms with E-state index >= 15 is 0 Å². The molecule has 0 aliphatic heterocycles. The van der Waals surface area contributed by atoms with Crippen molar-refractivity contribution in [1.82, 2.24) is 0 Å². The number of benzene rings is 1. The zero-order valence-corrected chi connectivity index (χ0v) is 10.6. The van der Waals surface area contributed by atoms with Gasteiger partial charge < -0.3 is 5.11 Å². The topological polar surface area (TPSA) is 61.1 Å². The van der Waals surface area contributed by atoms with Gasteiger partial charge in [0.25, 0.3) is 0 Å². The lowest BCUT2D eigenvalue weighted by Crippen LogP contribution is -2.42. The molecule has 1 aliphatic rings. The molecule has 92 valence electrons. The third kappa shape index (κ3) is 2.27. The van der Waals surface area contributed by atoms with E-state index in [1.165, 1.54) is 17.8 Å². The molecule has 0 amide bonds. The number of allylic oxidation sites excluding steroid dienone is 1. The van der Waals surface area contributed by atoms with Crippen LogP contribution in [0.2, 0.25) is 0 Å². The Labute approximate surface area is 110 Å². The lowest BCUT2D eigenvalue weighted by Gasteiger charge is -2.38. The predicted octanol–water partition coefficient (Wildman–Crippen LogP) is 3.32. The zero-order valence-electron chi connectivity index (χ0n) is 9.80. The summed E-state index contributed by atoms with van der Waals surface area (Å²) in [6.45, 7) is 0. The highest BCUT2D eigenvalue weighted by Gasteiger charge is 2.45. The maximum atomic E-state index is 11.3. The largest absolute Gasteiger partial charge is 0.481 e. The number of nitrogens with zero attached hydrogens (tertiary/aromatic N) is 1. The number of carboxylic acid groups (broad SMARTS) is 1. The second-order valence-electron chi connectivity index (χ2n) is 4.31. The van der Waals surface area contributed by atoms with Crippen molar-refractivity contribution in [3.05, 3.63) is 41.3 Å². The van der Waals surface area contributed by atoms with Gasteiger partial charge in [-0.25, -0.2) is 0 Å². The summed E-state index contributed by atoms with van der Waals surface area (Å²) in [7, 11) is 0. The molecule has 4 heteroatoms. The average molecular weight is 259 g/mol. The third-order valence-corrected chi connectivity index (χ3v) is 4.19. The predicted molar refractivity (Wildman–Crippen MR) is 70.2 cm³/mol. The van der Waals surface area contributed by atoms with E-state index in [1.54, 1.807) is 5.41 Å². The van der Waals surface area contributed by atoms with Crippen molar-refractivity contribution in [2.24, 2.45) is 0 Å². The maximum absolute atomic E-state index is 11.3. The Morgan fingerprint density at radius 2 is 2.06 bits per heavy atom. The van der Waals surface area contributed by atoms with Crippen LogP contribution in [0.25, 0.3) is 0 Å². The number of carbonyl (C=O) groups is 1. The van der Waals surface area contributed by atoms with Gasteiger partial charge in [-0.15, -0.1) is 0 Å². The van der Waals surface area contributed by atoms with E-state index < -0.39 is 11.4 Å². The molecule has 2 rings (SSSR count). The molecule has 1 aromatic rings. The van der Waals surface area contributed by atoms with Gasteiger partial charge in [0.2, 0.25) is 0 Å². The smallest absolute Gasteiger partial charge is 0.314 e. The Bertz CT molecular complexity index is 510. The molecular weight excluding hydrogens is 246 g/mol. The standard InChI is InChI=1S/C14H13NO2S/c15-9-2-10-18-12-5-3-11(4-6-12)14(13(16)17)7-1-8-14/h2-6,10H,1,7-8H2,(H,16,17). The quantitative estimate of drug-likeness (QED) is 0.665. The second kappa shape index (κ2) is 5.28. The van der Waals surface area contributed by atoms with Crippen LogP contribution >= 0.6 is 11.8 Å². The molecule has 1 N–H and O–H groups in total. The molecule has 3 nitrogen and oxygen atoms in total. The number of thioether (sulfide) groups is 1. The van der Waals surface area contributed by atoms with Crippen LogP contribution in [0.4, 0.5) is 0 Å². The fourth-order valence-electron chi connectivity index (χ4n) is 2.15. The second-order valence-corrected chi connectivity index (χ2v) is 5.29. The van der Waals surface area contributed by atoms with E-state index in [-0.39, 0.29) is 0 Å². The molecule has 1 saturated carbocycles. The van der Waals surface area contributed by atoms with Crippen molar-refractivity contribution in [2.75, 3.05) is 0 Å². The Hall–Kier alpha value is -1.73. The number of carboxylic acids is 1. The number of hydrogen-bond donors (Lipinski definition) is 1. The number of nitriles is 1. The first-order chi connectivity index (χ1) is 8.69. The van der Waals surface area contributed by atoms with Crippen molar-refractivity contribution < 1.29 is 9.90 Å². The monoisotopic (exact) mass is 259 g/mol. The van der Waals surface area contributed by atoms with Crippen LogP contribution in [0.1, 0.15) is 24.8 Å². The molecule has 0 radical (unpaired) electrons. The van der Waals surface area contributed by atoms with Gasteiger partial charge in [0.05, 0.1) is 11.5 Å². The summed E-state index contributed by atoms with van der Waals surface area (Å²) in [5.74, 6) is -0.724. The normalized spacial score (nSPS) is 17.1. The van der Waals surface area contributed by atoms with Crippen LogP contribution < -0.4 is 0 Å². The summed E-state index contributed by atoms with van der Waals surface area (Å²) >= 11 is 1.45. The lowest BCUT2D eigenvalue weighted by molar-refractivity contribution is -0.147. The molecule has 0 atom stereocenters. The third-order valence-electron chi connectivity index (χ3n) is 3.37. The first-order valence-corrected chi connectivity index (χ1v) is 6.62. The van der Waals surface area contributed by atoms with Crippen LogP contribution in [0.3, 0.4) is 0 Å². The van der Waals surface area contributed by atoms with Gasteiger partial charge in [0.15, 0.2) is 0 Å². The molecule has 0 unspecified atom stereocenters. The minimum Gasteiger partial charge on any atom is -0.481 e. The summed E-state index contributed by atoms with van der Waals surface area (Å²) in [6.07, 6.45) is 3.85. The first kappa shape index (κ1) is 12.7. The summed E-state index contributed by atoms with van der Waals surface area (Å²) in [4.78, 5) is 12.4. The van der Waals surface area contributed by atoms with E-state index in [4.69, 9.17) is 5.26 Å². The fraction of sp³-hybridized carbons (Fsp3) is 0.286. The van der Waals surface area contributed by atoms with Crippen molar-refractivity contribution in [3.8, 4) is 6.07 Å². The van der Waals surface area contributed by atoms with Gasteiger partial charge in [-0.1, -0.05) is 30.3 Å². The van der Waals surface area contributed by atoms with Crippen LogP contribution in [-0.2, 0) is 10.2 Å². The van der Waals surface area contributed by atoms with E-state index in [0.29, 0.717) is 0 Å². The maximum Gasteiger partial charge on any atom is 0.314 e. The first-order valence-electron chi connectivity index (χ1n) is 5.74. The van der Waals surface area contributed by atoms with Gasteiger partial charge in [0.1, 0.15) is 0 Å². The van der Waals surface area contributed by atoms with Crippen molar-refractivity contribution in [3.63, 3.8) is 0 Å². The van der Waals surface area contributed by atoms with E-state index in [1.807, 2.05) is 30.3 Å². The van der Waals surface area contributed by atoms with Crippen molar-refractivity contribution in [2.45, 2.75) is 29.6 Å².